The van der Waals surface area contributed by atoms with Gasteiger partial charge in [0.1, 0.15) is 0 Å². The molecule has 0 unspecified atom stereocenters. The fourth-order valence-corrected chi connectivity index (χ4v) is 2.57. The molecule has 19 heavy (non-hydrogen) atoms. The first-order chi connectivity index (χ1) is 8.88. The van der Waals surface area contributed by atoms with E-state index >= 15 is 0 Å². The average Bonchev–Trinajstić information content (AvgIpc) is 2.37. The van der Waals surface area contributed by atoms with E-state index < -0.39 is 16.0 Å². The zero-order chi connectivity index (χ0) is 14.5. The van der Waals surface area contributed by atoms with Crippen molar-refractivity contribution in [3.05, 3.63) is 41.5 Å². The summed E-state index contributed by atoms with van der Waals surface area (Å²) >= 11 is 0. The van der Waals surface area contributed by atoms with Crippen molar-refractivity contribution < 1.29 is 17.9 Å². The van der Waals surface area contributed by atoms with E-state index in [4.69, 9.17) is 0 Å². The molecule has 0 fully saturated rings. The van der Waals surface area contributed by atoms with Crippen LogP contribution in [0.3, 0.4) is 0 Å². The SMILES string of the molecule is COC(=O)c1ccccc1S(=O)(=O)NCC=C(C)C. The van der Waals surface area contributed by atoms with Crippen LogP contribution in [0.5, 0.6) is 0 Å². The fourth-order valence-electron chi connectivity index (χ4n) is 1.41. The summed E-state index contributed by atoms with van der Waals surface area (Å²) in [7, 11) is -2.53. The zero-order valence-corrected chi connectivity index (χ0v) is 12.0. The minimum atomic E-state index is -3.74. The third-order valence-electron chi connectivity index (χ3n) is 2.37. The Kier molecular flexibility index (Phi) is 5.26. The highest BCUT2D eigenvalue weighted by molar-refractivity contribution is 7.89. The number of ether oxygens (including phenoxy) is 1. The Morgan fingerprint density at radius 3 is 2.53 bits per heavy atom. The number of methoxy groups -OCH3 is 1. The Morgan fingerprint density at radius 2 is 1.95 bits per heavy atom. The number of carbonyl (C=O) groups is 1. The fraction of sp³-hybridized carbons (Fsp3) is 0.308. The number of esters is 1. The van der Waals surface area contributed by atoms with Gasteiger partial charge in [-0.2, -0.15) is 0 Å². The lowest BCUT2D eigenvalue weighted by Crippen LogP contribution is -2.26. The quantitative estimate of drug-likeness (QED) is 0.659. The van der Waals surface area contributed by atoms with E-state index in [0.717, 1.165) is 5.57 Å². The van der Waals surface area contributed by atoms with Crippen molar-refractivity contribution in [2.75, 3.05) is 13.7 Å². The maximum atomic E-state index is 12.1. The standard InChI is InChI=1S/C13H17NO4S/c1-10(2)8-9-14-19(16,17)12-7-5-4-6-11(12)13(15)18-3/h4-8,14H,9H2,1-3H3. The predicted octanol–water partition coefficient (Wildman–Crippen LogP) is 1.72. The van der Waals surface area contributed by atoms with E-state index in [1.165, 1.54) is 19.2 Å². The van der Waals surface area contributed by atoms with Crippen LogP contribution in [0.15, 0.2) is 40.8 Å². The average molecular weight is 283 g/mol. The van der Waals surface area contributed by atoms with Gasteiger partial charge in [0, 0.05) is 6.54 Å². The largest absolute Gasteiger partial charge is 0.465 e. The van der Waals surface area contributed by atoms with Gasteiger partial charge in [-0.15, -0.1) is 0 Å². The Bertz CT molecular complexity index is 586. The molecule has 0 aliphatic heterocycles. The zero-order valence-electron chi connectivity index (χ0n) is 11.1. The molecule has 0 bridgehead atoms. The van der Waals surface area contributed by atoms with Crippen molar-refractivity contribution in [1.82, 2.24) is 4.72 Å². The predicted molar refractivity (Wildman–Crippen MR) is 72.4 cm³/mol. The monoisotopic (exact) mass is 283 g/mol. The highest BCUT2D eigenvalue weighted by atomic mass is 32.2. The van der Waals surface area contributed by atoms with Gasteiger partial charge in [-0.05, 0) is 26.0 Å². The summed E-state index contributed by atoms with van der Waals surface area (Å²) in [5.74, 6) is -0.678. The van der Waals surface area contributed by atoms with Gasteiger partial charge in [0.05, 0.1) is 17.6 Å². The highest BCUT2D eigenvalue weighted by Crippen LogP contribution is 2.16. The summed E-state index contributed by atoms with van der Waals surface area (Å²) in [6, 6.07) is 5.93. The van der Waals surface area contributed by atoms with Crippen LogP contribution in [-0.4, -0.2) is 28.0 Å². The van der Waals surface area contributed by atoms with Gasteiger partial charge in [-0.3, -0.25) is 0 Å². The molecule has 0 amide bonds. The first-order valence-electron chi connectivity index (χ1n) is 5.69. The topological polar surface area (TPSA) is 72.5 Å². The highest BCUT2D eigenvalue weighted by Gasteiger charge is 2.21. The van der Waals surface area contributed by atoms with Crippen LogP contribution in [-0.2, 0) is 14.8 Å². The van der Waals surface area contributed by atoms with E-state index in [2.05, 4.69) is 9.46 Å². The Labute approximate surface area is 113 Å². The molecule has 0 heterocycles. The van der Waals surface area contributed by atoms with Crippen LogP contribution in [0, 0.1) is 0 Å². The van der Waals surface area contributed by atoms with E-state index in [-0.39, 0.29) is 17.0 Å². The molecular formula is C13H17NO4S. The molecule has 1 rings (SSSR count). The van der Waals surface area contributed by atoms with E-state index in [9.17, 15) is 13.2 Å². The van der Waals surface area contributed by atoms with Crippen LogP contribution in [0.1, 0.15) is 24.2 Å². The first kappa shape index (κ1) is 15.4. The molecule has 0 saturated heterocycles. The molecule has 0 radical (unpaired) electrons. The summed E-state index contributed by atoms with van der Waals surface area (Å²) in [5.41, 5.74) is 1.03. The van der Waals surface area contributed by atoms with Gasteiger partial charge in [-0.1, -0.05) is 23.8 Å². The van der Waals surface area contributed by atoms with Crippen LogP contribution in [0.2, 0.25) is 0 Å². The van der Waals surface area contributed by atoms with Gasteiger partial charge in [0.15, 0.2) is 0 Å². The van der Waals surface area contributed by atoms with E-state index in [1.807, 2.05) is 13.8 Å². The van der Waals surface area contributed by atoms with E-state index in [1.54, 1.807) is 18.2 Å². The first-order valence-corrected chi connectivity index (χ1v) is 7.17. The van der Waals surface area contributed by atoms with E-state index in [0.29, 0.717) is 0 Å². The van der Waals surface area contributed by atoms with Crippen molar-refractivity contribution in [3.8, 4) is 0 Å². The maximum Gasteiger partial charge on any atom is 0.339 e. The molecule has 0 spiro atoms. The molecule has 1 aromatic carbocycles. The van der Waals surface area contributed by atoms with Crippen molar-refractivity contribution >= 4 is 16.0 Å². The minimum Gasteiger partial charge on any atom is -0.465 e. The van der Waals surface area contributed by atoms with Crippen LogP contribution >= 0.6 is 0 Å². The number of rotatable bonds is 5. The van der Waals surface area contributed by atoms with Crippen molar-refractivity contribution in [1.29, 1.82) is 0 Å². The molecule has 5 nitrogen and oxygen atoms in total. The molecule has 0 aliphatic rings. The van der Waals surface area contributed by atoms with Gasteiger partial charge in [-0.25, -0.2) is 17.9 Å². The van der Waals surface area contributed by atoms with Crippen molar-refractivity contribution in [2.24, 2.45) is 0 Å². The third-order valence-corrected chi connectivity index (χ3v) is 3.85. The molecule has 104 valence electrons. The summed E-state index contributed by atoms with van der Waals surface area (Å²) in [6.07, 6.45) is 1.75. The maximum absolute atomic E-state index is 12.1. The molecule has 1 aromatic rings. The minimum absolute atomic E-state index is 0.0229. The molecule has 0 atom stereocenters. The number of benzene rings is 1. The number of hydrogen-bond acceptors (Lipinski definition) is 4. The summed E-state index contributed by atoms with van der Waals surface area (Å²) in [6.45, 7) is 3.92. The van der Waals surface area contributed by atoms with Gasteiger partial charge in [0.2, 0.25) is 10.0 Å². The number of hydrogen-bond donors (Lipinski definition) is 1. The van der Waals surface area contributed by atoms with Gasteiger partial charge >= 0.3 is 5.97 Å². The van der Waals surface area contributed by atoms with Gasteiger partial charge < -0.3 is 4.74 Å². The Hall–Kier alpha value is -1.66. The summed E-state index contributed by atoms with van der Waals surface area (Å²) in [4.78, 5) is 11.5. The van der Waals surface area contributed by atoms with Crippen LogP contribution in [0.25, 0.3) is 0 Å². The second kappa shape index (κ2) is 6.49. The summed E-state index contributed by atoms with van der Waals surface area (Å²) in [5, 5.41) is 0. The second-order valence-corrected chi connectivity index (χ2v) is 5.86. The molecule has 6 heteroatoms. The lowest BCUT2D eigenvalue weighted by molar-refractivity contribution is 0.0596. The number of carbonyl (C=O) groups excluding carboxylic acids is 1. The Balaban J connectivity index is 3.08. The molecule has 0 aliphatic carbocycles. The van der Waals surface area contributed by atoms with Crippen LogP contribution in [0.4, 0.5) is 0 Å². The Morgan fingerprint density at radius 1 is 1.32 bits per heavy atom. The molecule has 1 N–H and O–H groups in total. The van der Waals surface area contributed by atoms with Gasteiger partial charge in [0.25, 0.3) is 0 Å². The third kappa shape index (κ3) is 4.18. The smallest absolute Gasteiger partial charge is 0.339 e. The summed E-state index contributed by atoms with van der Waals surface area (Å²) < 4.78 is 31.2. The second-order valence-electron chi connectivity index (χ2n) is 4.12. The lowest BCUT2D eigenvalue weighted by Gasteiger charge is -2.09. The normalized spacial score (nSPS) is 10.9. The number of nitrogens with one attached hydrogen (secondary N) is 1. The number of allylic oxidation sites excluding steroid dienone is 1. The van der Waals surface area contributed by atoms with Crippen molar-refractivity contribution in [3.63, 3.8) is 0 Å². The molecular weight excluding hydrogens is 266 g/mol. The molecule has 0 aromatic heterocycles. The molecule has 0 saturated carbocycles. The van der Waals surface area contributed by atoms with Crippen LogP contribution < -0.4 is 4.72 Å². The van der Waals surface area contributed by atoms with Crippen molar-refractivity contribution in [2.45, 2.75) is 18.7 Å². The lowest BCUT2D eigenvalue weighted by atomic mass is 10.2. The number of sulfonamides is 1.